The van der Waals surface area contributed by atoms with Crippen LogP contribution in [0.5, 0.6) is 0 Å². The molecule has 2 aliphatic heterocycles. The van der Waals surface area contributed by atoms with Gasteiger partial charge in [-0.15, -0.1) is 0 Å². The second kappa shape index (κ2) is 4.58. The highest BCUT2D eigenvalue weighted by Gasteiger charge is 2.46. The fraction of sp³-hybridized carbons (Fsp3) is 0.545. The van der Waals surface area contributed by atoms with Crippen LogP contribution in [0.15, 0.2) is 17.3 Å². The molecule has 8 heteroatoms. The third kappa shape index (κ3) is 1.85. The second-order valence-electron chi connectivity index (χ2n) is 4.65. The molecule has 0 radical (unpaired) electrons. The molecule has 0 bridgehead atoms. The average molecular weight is 268 g/mol. The third-order valence-electron chi connectivity index (χ3n) is 3.53. The summed E-state index contributed by atoms with van der Waals surface area (Å²) in [5.41, 5.74) is 6.87. The minimum absolute atomic E-state index is 0.371. The Morgan fingerprint density at radius 1 is 1.42 bits per heavy atom. The number of aliphatic hydroxyl groups is 3. The van der Waals surface area contributed by atoms with Gasteiger partial charge >= 0.3 is 0 Å². The van der Waals surface area contributed by atoms with E-state index in [4.69, 9.17) is 15.6 Å². The van der Waals surface area contributed by atoms with Crippen molar-refractivity contribution in [3.8, 4) is 0 Å². The molecular formula is C11H16N4O4. The van der Waals surface area contributed by atoms with Crippen LogP contribution in [0.1, 0.15) is 11.7 Å². The molecule has 8 nitrogen and oxygen atoms in total. The minimum atomic E-state index is -1.16. The first kappa shape index (κ1) is 12.6. The summed E-state index contributed by atoms with van der Waals surface area (Å²) in [6.07, 6.45) is -1.32. The SMILES string of the molecule is NC1c2cc[nH]c2N=CN1[C@@H]1O[C@H](CO)[C@@H](O)[C@H]1O. The van der Waals surface area contributed by atoms with Crippen molar-refractivity contribution < 1.29 is 20.1 Å². The number of ether oxygens (including phenoxy) is 1. The topological polar surface area (TPSA) is 127 Å². The highest BCUT2D eigenvalue weighted by molar-refractivity contribution is 5.66. The van der Waals surface area contributed by atoms with Crippen LogP contribution < -0.4 is 5.73 Å². The van der Waals surface area contributed by atoms with Crippen molar-refractivity contribution >= 4 is 12.2 Å². The van der Waals surface area contributed by atoms with Crippen LogP contribution in [0.3, 0.4) is 0 Å². The van der Waals surface area contributed by atoms with Gasteiger partial charge in [-0.25, -0.2) is 4.99 Å². The molecule has 1 aromatic heterocycles. The highest BCUT2D eigenvalue weighted by Crippen LogP contribution is 2.33. The van der Waals surface area contributed by atoms with Gasteiger partial charge in [-0.1, -0.05) is 0 Å². The summed E-state index contributed by atoms with van der Waals surface area (Å²) >= 11 is 0. The predicted molar refractivity (Wildman–Crippen MR) is 65.5 cm³/mol. The molecule has 5 atom stereocenters. The number of fused-ring (bicyclic) bond motifs is 1. The van der Waals surface area contributed by atoms with Gasteiger partial charge < -0.3 is 35.7 Å². The lowest BCUT2D eigenvalue weighted by atomic mass is 10.1. The number of nitrogens with zero attached hydrogens (tertiary/aromatic N) is 2. The first-order valence-electron chi connectivity index (χ1n) is 6.00. The van der Waals surface area contributed by atoms with Crippen molar-refractivity contribution in [2.45, 2.75) is 30.7 Å². The maximum atomic E-state index is 9.97. The van der Waals surface area contributed by atoms with E-state index >= 15 is 0 Å². The largest absolute Gasteiger partial charge is 0.394 e. The molecule has 3 heterocycles. The average Bonchev–Trinajstić information content (AvgIpc) is 2.98. The summed E-state index contributed by atoms with van der Waals surface area (Å²) < 4.78 is 5.43. The molecule has 0 aliphatic carbocycles. The summed E-state index contributed by atoms with van der Waals surface area (Å²) in [5, 5.41) is 28.8. The molecule has 19 heavy (non-hydrogen) atoms. The van der Waals surface area contributed by atoms with Gasteiger partial charge in [0.25, 0.3) is 0 Å². The predicted octanol–water partition coefficient (Wildman–Crippen LogP) is -1.61. The molecule has 6 N–H and O–H groups in total. The Hall–Kier alpha value is -1.45. The van der Waals surface area contributed by atoms with Crippen LogP contribution in [0.25, 0.3) is 0 Å². The molecule has 0 spiro atoms. The Morgan fingerprint density at radius 2 is 2.21 bits per heavy atom. The maximum Gasteiger partial charge on any atom is 0.161 e. The van der Waals surface area contributed by atoms with Crippen molar-refractivity contribution in [3.05, 3.63) is 17.8 Å². The number of aliphatic hydroxyl groups excluding tert-OH is 3. The van der Waals surface area contributed by atoms with Gasteiger partial charge in [0.05, 0.1) is 12.9 Å². The normalized spacial score (nSPS) is 37.7. The van der Waals surface area contributed by atoms with E-state index in [1.165, 1.54) is 11.2 Å². The Morgan fingerprint density at radius 3 is 2.89 bits per heavy atom. The van der Waals surface area contributed by atoms with Crippen LogP contribution in [-0.4, -0.2) is 62.7 Å². The number of nitrogens with one attached hydrogen (secondary N) is 1. The standard InChI is InChI=1S/C11H16N4O4/c12-9-5-1-2-13-10(5)14-4-15(9)11-8(18)7(17)6(3-16)19-11/h1-2,4,6-9,11,13,16-18H,3,12H2/t6-,7-,8-,9?,11-/m1/s1. The number of aliphatic imine (C=N–C) groups is 1. The summed E-state index contributed by atoms with van der Waals surface area (Å²) in [4.78, 5) is 8.64. The van der Waals surface area contributed by atoms with Crippen LogP contribution in [-0.2, 0) is 4.74 Å². The molecule has 3 rings (SSSR count). The van der Waals surface area contributed by atoms with E-state index in [1.54, 1.807) is 12.3 Å². The zero-order valence-corrected chi connectivity index (χ0v) is 10.0. The van der Waals surface area contributed by atoms with Crippen molar-refractivity contribution in [2.75, 3.05) is 6.61 Å². The first-order valence-corrected chi connectivity index (χ1v) is 6.00. The number of aromatic amines is 1. The Labute approximate surface area is 109 Å². The molecule has 1 unspecified atom stereocenters. The molecule has 0 aromatic carbocycles. The van der Waals surface area contributed by atoms with Gasteiger partial charge in [0, 0.05) is 11.8 Å². The zero-order valence-electron chi connectivity index (χ0n) is 10.0. The number of nitrogens with two attached hydrogens (primary N) is 1. The van der Waals surface area contributed by atoms with Crippen LogP contribution >= 0.6 is 0 Å². The van der Waals surface area contributed by atoms with E-state index in [2.05, 4.69) is 9.98 Å². The van der Waals surface area contributed by atoms with Crippen molar-refractivity contribution in [3.63, 3.8) is 0 Å². The molecule has 2 aliphatic rings. The fourth-order valence-electron chi connectivity index (χ4n) is 2.43. The van der Waals surface area contributed by atoms with E-state index in [0.29, 0.717) is 5.82 Å². The molecular weight excluding hydrogens is 252 g/mol. The van der Waals surface area contributed by atoms with Gasteiger partial charge in [-0.05, 0) is 6.07 Å². The van der Waals surface area contributed by atoms with E-state index in [-0.39, 0.29) is 6.61 Å². The number of hydrogen-bond donors (Lipinski definition) is 5. The molecule has 104 valence electrons. The number of H-pyrrole nitrogens is 1. The molecule has 1 saturated heterocycles. The van der Waals surface area contributed by atoms with Crippen LogP contribution in [0.4, 0.5) is 5.82 Å². The van der Waals surface area contributed by atoms with Crippen molar-refractivity contribution in [1.82, 2.24) is 9.88 Å². The molecule has 1 aromatic rings. The summed E-state index contributed by atoms with van der Waals surface area (Å²) in [6.45, 7) is -0.371. The second-order valence-corrected chi connectivity index (χ2v) is 4.65. The summed E-state index contributed by atoms with van der Waals surface area (Å²) in [7, 11) is 0. The molecule has 0 saturated carbocycles. The Bertz CT molecular complexity index is 491. The number of rotatable bonds is 2. The number of hydrogen-bond acceptors (Lipinski definition) is 7. The zero-order chi connectivity index (χ0) is 13.6. The molecule has 0 amide bonds. The monoisotopic (exact) mass is 268 g/mol. The Kier molecular flexibility index (Phi) is 3.03. The lowest BCUT2D eigenvalue weighted by Crippen LogP contribution is -2.48. The Balaban J connectivity index is 1.84. The lowest BCUT2D eigenvalue weighted by Gasteiger charge is -2.35. The van der Waals surface area contributed by atoms with E-state index in [9.17, 15) is 10.2 Å². The highest BCUT2D eigenvalue weighted by atomic mass is 16.6. The maximum absolute atomic E-state index is 9.97. The van der Waals surface area contributed by atoms with E-state index in [1.807, 2.05) is 0 Å². The van der Waals surface area contributed by atoms with Crippen molar-refractivity contribution in [1.29, 1.82) is 0 Å². The smallest absolute Gasteiger partial charge is 0.161 e. The quantitative estimate of drug-likeness (QED) is 0.439. The van der Waals surface area contributed by atoms with Gasteiger partial charge in [0.1, 0.15) is 30.3 Å². The fourth-order valence-corrected chi connectivity index (χ4v) is 2.43. The van der Waals surface area contributed by atoms with Crippen LogP contribution in [0, 0.1) is 0 Å². The van der Waals surface area contributed by atoms with E-state index in [0.717, 1.165) is 5.56 Å². The van der Waals surface area contributed by atoms with Gasteiger partial charge in [-0.2, -0.15) is 0 Å². The minimum Gasteiger partial charge on any atom is -0.394 e. The lowest BCUT2D eigenvalue weighted by molar-refractivity contribution is -0.0819. The summed E-state index contributed by atoms with van der Waals surface area (Å²) in [6, 6.07) is 1.80. The van der Waals surface area contributed by atoms with Crippen molar-refractivity contribution in [2.24, 2.45) is 10.7 Å². The first-order chi connectivity index (χ1) is 9.13. The third-order valence-corrected chi connectivity index (χ3v) is 3.53. The number of aromatic nitrogens is 1. The summed E-state index contributed by atoms with van der Waals surface area (Å²) in [5.74, 6) is 0.662. The molecule has 1 fully saturated rings. The van der Waals surface area contributed by atoms with Crippen LogP contribution in [0.2, 0.25) is 0 Å². The van der Waals surface area contributed by atoms with E-state index < -0.39 is 30.7 Å². The van der Waals surface area contributed by atoms with Gasteiger partial charge in [0.2, 0.25) is 0 Å². The van der Waals surface area contributed by atoms with Gasteiger partial charge in [0.15, 0.2) is 6.23 Å². The van der Waals surface area contributed by atoms with Gasteiger partial charge in [-0.3, -0.25) is 0 Å².